The smallest absolute Gasteiger partial charge is 0.204 e. The van der Waals surface area contributed by atoms with Gasteiger partial charge in [0, 0.05) is 43.4 Å². The first-order valence-electron chi connectivity index (χ1n) is 15.3. The lowest BCUT2D eigenvalue weighted by Crippen LogP contribution is -1.95. The Morgan fingerprint density at radius 2 is 0.816 bits per heavy atom. The summed E-state index contributed by atoms with van der Waals surface area (Å²) in [7, 11) is 0. The summed E-state index contributed by atoms with van der Waals surface area (Å²) in [4.78, 5) is 0. The largest absolute Gasteiger partial charge is 0.504 e. The van der Waals surface area contributed by atoms with Crippen molar-refractivity contribution in [1.29, 1.82) is 0 Å². The highest BCUT2D eigenvalue weighted by molar-refractivity contribution is 6.33. The Balaban J connectivity index is 1.60. The average molecular weight is 649 g/mol. The molecule has 1 aromatic heterocycles. The Kier molecular flexibility index (Phi) is 5.62. The Bertz CT molecular complexity index is 2830. The van der Waals surface area contributed by atoms with Gasteiger partial charge in [0.05, 0.1) is 0 Å². The second-order valence-electron chi connectivity index (χ2n) is 12.0. The molecule has 0 spiro atoms. The summed E-state index contributed by atoms with van der Waals surface area (Å²) in [5.41, 5.74) is 1.62. The van der Waals surface area contributed by atoms with Crippen LogP contribution in [0.1, 0.15) is 0 Å². The molecule has 0 unspecified atom stereocenters. The molecule has 8 aromatic carbocycles. The summed E-state index contributed by atoms with van der Waals surface area (Å²) in [5.74, 6) is -7.46. The van der Waals surface area contributed by atoms with Crippen molar-refractivity contribution in [3.63, 3.8) is 0 Å². The third-order valence-electron chi connectivity index (χ3n) is 9.49. The van der Waals surface area contributed by atoms with E-state index in [1.54, 1.807) is 42.5 Å². The van der Waals surface area contributed by atoms with Crippen molar-refractivity contribution in [2.24, 2.45) is 0 Å². The molecule has 9 rings (SSSR count). The number of hydrogen-bond acceptors (Lipinski definition) is 9. The summed E-state index contributed by atoms with van der Waals surface area (Å²) in [5, 5.41) is 93.8. The van der Waals surface area contributed by atoms with E-state index in [9.17, 15) is 40.9 Å². The molecule has 9 aromatic rings. The Morgan fingerprint density at radius 1 is 0.347 bits per heavy atom. The quantitative estimate of drug-likeness (QED) is 0.0516. The van der Waals surface area contributed by atoms with E-state index in [0.717, 1.165) is 26.9 Å². The first-order valence-corrected chi connectivity index (χ1v) is 15.3. The topological polar surface area (TPSA) is 175 Å². The second-order valence-corrected chi connectivity index (χ2v) is 12.0. The predicted molar refractivity (Wildman–Crippen MR) is 188 cm³/mol. The fraction of sp³-hybridized carbons (Fsp3) is 0. The van der Waals surface area contributed by atoms with E-state index in [-0.39, 0.29) is 32.7 Å². The van der Waals surface area contributed by atoms with Gasteiger partial charge in [0.15, 0.2) is 23.0 Å². The molecular weight excluding hydrogens is 624 g/mol. The maximum atomic E-state index is 11.6. The van der Waals surface area contributed by atoms with Gasteiger partial charge in [-0.3, -0.25) is 0 Å². The molecule has 0 bridgehead atoms. The van der Waals surface area contributed by atoms with Gasteiger partial charge >= 0.3 is 0 Å². The number of phenols is 8. The van der Waals surface area contributed by atoms with Crippen LogP contribution in [0.4, 0.5) is 0 Å². The van der Waals surface area contributed by atoms with Gasteiger partial charge < -0.3 is 45.3 Å². The molecule has 0 fully saturated rings. The Labute approximate surface area is 275 Å². The molecule has 1 heterocycles. The minimum Gasteiger partial charge on any atom is -0.504 e. The third kappa shape index (κ3) is 3.58. The molecule has 0 aliphatic rings. The molecule has 8 N–H and O–H groups in total. The van der Waals surface area contributed by atoms with Crippen molar-refractivity contribution in [2.45, 2.75) is 0 Å². The van der Waals surface area contributed by atoms with Crippen LogP contribution in [-0.4, -0.2) is 40.9 Å². The SMILES string of the molecule is Oc1c(O)c(O)c2c(-c3cc4oc5ccc6ccccc6c5c4c4ccccc34)c3c(O)c(O)c(O)c(O)c3c(-c3ccccc3)c2c1O. The normalized spacial score (nSPS) is 11.9. The lowest BCUT2D eigenvalue weighted by molar-refractivity contribution is 0.350. The van der Waals surface area contributed by atoms with Gasteiger partial charge in [-0.25, -0.2) is 0 Å². The second kappa shape index (κ2) is 9.76. The summed E-state index contributed by atoms with van der Waals surface area (Å²) in [6.07, 6.45) is 0. The maximum absolute atomic E-state index is 11.6. The highest BCUT2D eigenvalue weighted by Crippen LogP contribution is 2.62. The molecule has 9 heteroatoms. The maximum Gasteiger partial charge on any atom is 0.204 e. The summed E-state index contributed by atoms with van der Waals surface area (Å²) >= 11 is 0. The lowest BCUT2D eigenvalue weighted by atomic mass is 9.82. The summed E-state index contributed by atoms with van der Waals surface area (Å²) < 4.78 is 6.44. The van der Waals surface area contributed by atoms with Gasteiger partial charge in [0.1, 0.15) is 11.2 Å². The molecular formula is C40H24O9. The van der Waals surface area contributed by atoms with Gasteiger partial charge in [-0.2, -0.15) is 0 Å². The van der Waals surface area contributed by atoms with Crippen LogP contribution in [0.15, 0.2) is 101 Å². The van der Waals surface area contributed by atoms with Crippen molar-refractivity contribution in [1.82, 2.24) is 0 Å². The van der Waals surface area contributed by atoms with Gasteiger partial charge in [-0.1, -0.05) is 84.9 Å². The summed E-state index contributed by atoms with van der Waals surface area (Å²) in [6.45, 7) is 0. The van der Waals surface area contributed by atoms with E-state index < -0.39 is 46.0 Å². The van der Waals surface area contributed by atoms with Crippen LogP contribution in [0.5, 0.6) is 46.0 Å². The Morgan fingerprint density at radius 3 is 1.41 bits per heavy atom. The predicted octanol–water partition coefficient (Wildman–Crippen LogP) is 9.18. The summed E-state index contributed by atoms with van der Waals surface area (Å²) in [6, 6.07) is 29.1. The van der Waals surface area contributed by atoms with E-state index in [4.69, 9.17) is 4.42 Å². The highest BCUT2D eigenvalue weighted by atomic mass is 16.4. The minimum atomic E-state index is -1.03. The van der Waals surface area contributed by atoms with Crippen molar-refractivity contribution < 1.29 is 45.3 Å². The van der Waals surface area contributed by atoms with Crippen LogP contribution in [0.25, 0.3) is 87.3 Å². The fourth-order valence-corrected chi connectivity index (χ4v) is 7.39. The zero-order valence-corrected chi connectivity index (χ0v) is 25.2. The number of hydrogen-bond donors (Lipinski definition) is 8. The van der Waals surface area contributed by atoms with E-state index >= 15 is 0 Å². The molecule has 9 nitrogen and oxygen atoms in total. The minimum absolute atomic E-state index is 0.0128. The number of phenolic OH excluding ortho intramolecular Hbond substituents is 8. The van der Waals surface area contributed by atoms with Gasteiger partial charge in [-0.15, -0.1) is 0 Å². The van der Waals surface area contributed by atoms with Gasteiger partial charge in [-0.05, 0) is 44.8 Å². The van der Waals surface area contributed by atoms with Crippen LogP contribution < -0.4 is 0 Å². The molecule has 49 heavy (non-hydrogen) atoms. The molecule has 0 amide bonds. The molecule has 0 atom stereocenters. The van der Waals surface area contributed by atoms with Crippen molar-refractivity contribution >= 4 is 65.0 Å². The molecule has 0 aliphatic carbocycles. The van der Waals surface area contributed by atoms with Crippen molar-refractivity contribution in [3.8, 4) is 68.2 Å². The standard InChI is InChI=1S/C40H24O9/c41-33-29-25(18-9-2-1-3-10-18)30-32(36(44)40(48)38(46)34(30)42)28(31(29)35(43)39(47)37(33)45)22-16-24-27(21-13-7-6-12-20(21)22)26-19-11-5-4-8-17(19)14-15-23(26)49-24/h1-16,41-48H. The van der Waals surface area contributed by atoms with Gasteiger partial charge in [0.25, 0.3) is 0 Å². The fourth-order valence-electron chi connectivity index (χ4n) is 7.39. The molecule has 0 radical (unpaired) electrons. The number of fused-ring (bicyclic) bond motifs is 9. The van der Waals surface area contributed by atoms with E-state index in [1.165, 1.54) is 0 Å². The molecule has 0 saturated heterocycles. The van der Waals surface area contributed by atoms with Crippen LogP contribution in [0.2, 0.25) is 0 Å². The Hall–Kier alpha value is -7.00. The highest BCUT2D eigenvalue weighted by Gasteiger charge is 2.33. The van der Waals surface area contributed by atoms with E-state index in [1.807, 2.05) is 54.6 Å². The third-order valence-corrected chi connectivity index (χ3v) is 9.49. The number of rotatable bonds is 2. The number of aromatic hydroxyl groups is 8. The van der Waals surface area contributed by atoms with Crippen molar-refractivity contribution in [2.75, 3.05) is 0 Å². The van der Waals surface area contributed by atoms with Crippen LogP contribution in [0, 0.1) is 0 Å². The van der Waals surface area contributed by atoms with E-state index in [2.05, 4.69) is 0 Å². The zero-order chi connectivity index (χ0) is 33.9. The monoisotopic (exact) mass is 648 g/mol. The van der Waals surface area contributed by atoms with Crippen LogP contribution in [-0.2, 0) is 0 Å². The molecule has 0 saturated carbocycles. The van der Waals surface area contributed by atoms with Crippen molar-refractivity contribution in [3.05, 3.63) is 97.1 Å². The molecule has 238 valence electrons. The lowest BCUT2D eigenvalue weighted by Gasteiger charge is -2.23. The number of furan rings is 1. The first-order chi connectivity index (χ1) is 23.7. The molecule has 0 aliphatic heterocycles. The number of benzene rings is 8. The average Bonchev–Trinajstić information content (AvgIpc) is 3.53. The van der Waals surface area contributed by atoms with Gasteiger partial charge in [0.2, 0.25) is 23.0 Å². The first kappa shape index (κ1) is 28.2. The van der Waals surface area contributed by atoms with Crippen LogP contribution >= 0.6 is 0 Å². The van der Waals surface area contributed by atoms with E-state index in [0.29, 0.717) is 27.7 Å². The van der Waals surface area contributed by atoms with Crippen LogP contribution in [0.3, 0.4) is 0 Å². The zero-order valence-electron chi connectivity index (χ0n) is 25.2.